The summed E-state index contributed by atoms with van der Waals surface area (Å²) in [6, 6.07) is 31.4. The lowest BCUT2D eigenvalue weighted by Gasteiger charge is -2.35. The third kappa shape index (κ3) is 11.0. The van der Waals surface area contributed by atoms with Crippen molar-refractivity contribution >= 4 is 40.6 Å². The van der Waals surface area contributed by atoms with E-state index in [1.54, 1.807) is 14.2 Å². The van der Waals surface area contributed by atoms with Crippen LogP contribution in [0.3, 0.4) is 0 Å². The van der Waals surface area contributed by atoms with Crippen LogP contribution in [0.15, 0.2) is 91.0 Å². The Morgan fingerprint density at radius 3 is 1.79 bits per heavy atom. The second-order valence-corrected chi connectivity index (χ2v) is 22.3. The summed E-state index contributed by atoms with van der Waals surface area (Å²) in [7, 11) is 3.30. The first kappa shape index (κ1) is 49.5. The molecule has 0 spiro atoms. The van der Waals surface area contributed by atoms with Gasteiger partial charge in [0.2, 0.25) is 0 Å². The van der Waals surface area contributed by atoms with Gasteiger partial charge in [-0.25, -0.2) is 0 Å². The highest BCUT2D eigenvalue weighted by atomic mass is 32.2. The van der Waals surface area contributed by atoms with E-state index in [-0.39, 0.29) is 35.3 Å². The van der Waals surface area contributed by atoms with Gasteiger partial charge in [-0.15, -0.1) is 0 Å². The average Bonchev–Trinajstić information content (AvgIpc) is 3.84. The first-order chi connectivity index (χ1) is 33.9. The molecule has 2 amide bonds. The minimum Gasteiger partial charge on any atom is -0.493 e. The zero-order valence-corrected chi connectivity index (χ0v) is 42.8. The quantitative estimate of drug-likeness (QED) is 0.0661. The lowest BCUT2D eigenvalue weighted by atomic mass is 9.98. The number of nitrogens with zero attached hydrogens (tertiary/aromatic N) is 3. The van der Waals surface area contributed by atoms with Gasteiger partial charge in [0.25, 0.3) is 11.8 Å². The third-order valence-corrected chi connectivity index (χ3v) is 15.2. The van der Waals surface area contributed by atoms with Gasteiger partial charge in [0.05, 0.1) is 40.1 Å². The summed E-state index contributed by atoms with van der Waals surface area (Å²) >= 11 is 1.96. The molecule has 0 radical (unpaired) electrons. The summed E-state index contributed by atoms with van der Waals surface area (Å²) in [4.78, 5) is 34.9. The van der Waals surface area contributed by atoms with E-state index in [2.05, 4.69) is 87.2 Å². The number of benzene rings is 5. The summed E-state index contributed by atoms with van der Waals surface area (Å²) in [6.07, 6.45) is 5.07. The van der Waals surface area contributed by atoms with Crippen molar-refractivity contribution < 1.29 is 38.0 Å². The summed E-state index contributed by atoms with van der Waals surface area (Å²) in [5, 5.41) is 0.451. The maximum Gasteiger partial charge on any atom is 0.258 e. The van der Waals surface area contributed by atoms with E-state index in [1.165, 1.54) is 11.1 Å². The molecule has 4 aliphatic rings. The van der Waals surface area contributed by atoms with Crippen molar-refractivity contribution in [3.63, 3.8) is 0 Å². The Morgan fingerprint density at radius 2 is 1.20 bits per heavy atom. The largest absolute Gasteiger partial charge is 0.493 e. The number of para-hydroxylation sites is 2. The van der Waals surface area contributed by atoms with Gasteiger partial charge in [-0.05, 0) is 158 Å². The Hall–Kier alpha value is -5.53. The molecule has 0 saturated carbocycles. The number of ether oxygens (including phenoxy) is 6. The number of rotatable bonds is 21. The fourth-order valence-electron chi connectivity index (χ4n) is 10.9. The van der Waals surface area contributed by atoms with Gasteiger partial charge in [-0.3, -0.25) is 9.59 Å². The number of methoxy groups -OCH3 is 2. The molecule has 0 saturated heterocycles. The molecule has 0 aliphatic carbocycles. The van der Waals surface area contributed by atoms with Crippen molar-refractivity contribution in [3.8, 4) is 17.2 Å². The molecule has 5 aromatic carbocycles. The molecule has 4 aliphatic heterocycles. The van der Waals surface area contributed by atoms with Crippen molar-refractivity contribution in [1.82, 2.24) is 0 Å². The van der Waals surface area contributed by atoms with Crippen molar-refractivity contribution in [2.45, 2.75) is 108 Å². The zero-order chi connectivity index (χ0) is 48.9. The molecule has 4 heterocycles. The predicted molar refractivity (Wildman–Crippen MR) is 280 cm³/mol. The number of fused-ring (bicyclic) bond motifs is 8. The van der Waals surface area contributed by atoms with Crippen LogP contribution >= 0.6 is 11.8 Å². The van der Waals surface area contributed by atoms with Crippen molar-refractivity contribution in [2.24, 2.45) is 0 Å². The monoisotopic (exact) mass is 967 g/mol. The summed E-state index contributed by atoms with van der Waals surface area (Å²) in [5.41, 5.74) is 11.8. The van der Waals surface area contributed by atoms with Gasteiger partial charge in [-0.2, -0.15) is 11.8 Å². The predicted octanol–water partition coefficient (Wildman–Crippen LogP) is 10.6. The summed E-state index contributed by atoms with van der Waals surface area (Å²) in [5.74, 6) is 1.98. The number of anilines is 3. The van der Waals surface area contributed by atoms with Crippen LogP contribution in [0.25, 0.3) is 0 Å². The third-order valence-electron chi connectivity index (χ3n) is 14.0. The van der Waals surface area contributed by atoms with Gasteiger partial charge < -0.3 is 43.1 Å². The van der Waals surface area contributed by atoms with Crippen LogP contribution in [-0.4, -0.2) is 94.2 Å². The lowest BCUT2D eigenvalue weighted by Crippen LogP contribution is -2.39. The Morgan fingerprint density at radius 1 is 0.657 bits per heavy atom. The SMILES string of the molecule is COCCOCCOCCN(CC(C)(C)SC(C)C)c1cc(COc2cc3c(cc2C)C(=O)N2c4ccccc4C[C@H]2CC3)cc(COc2cc3c(cc2OC)C(=O)N2c4ccccc4C[C@H]2CC3)c1. The van der Waals surface area contributed by atoms with Crippen LogP contribution in [0.1, 0.15) is 100 Å². The smallest absolute Gasteiger partial charge is 0.258 e. The molecule has 5 aromatic rings. The molecular weight excluding hydrogens is 899 g/mol. The minimum atomic E-state index is -0.0715. The highest BCUT2D eigenvalue weighted by Gasteiger charge is 2.39. The van der Waals surface area contributed by atoms with E-state index in [9.17, 15) is 9.59 Å². The highest BCUT2D eigenvalue weighted by Crippen LogP contribution is 2.42. The average molecular weight is 968 g/mol. The van der Waals surface area contributed by atoms with Crippen molar-refractivity contribution in [2.75, 3.05) is 75.0 Å². The molecule has 0 unspecified atom stereocenters. The van der Waals surface area contributed by atoms with E-state index in [0.717, 1.165) is 101 Å². The van der Waals surface area contributed by atoms with E-state index in [0.29, 0.717) is 68.5 Å². The maximum absolute atomic E-state index is 14.2. The van der Waals surface area contributed by atoms with Crippen LogP contribution in [0.4, 0.5) is 17.1 Å². The number of aryl methyl sites for hydroxylation is 3. The minimum absolute atomic E-state index is 0.00770. The standard InChI is InChI=1S/C58H69N3O8S/c1-38(2)70-58(4,5)37-59(20-21-66-24-25-67-23-22-64-6)48-28-40(35-68-53-32-42-16-18-46-30-44-12-8-10-14-51(44)60(46)56(62)49(42)26-39(53)3)27-41(29-48)36-69-55-33-43-17-19-47-31-45-13-9-11-15-52(45)61(47)57(63)50(43)34-54(55)65-7/h8-15,26-29,32-34,38,46-47H,16-25,30-31,35-37H2,1-7H3/t46-,47-/m1/s1. The van der Waals surface area contributed by atoms with Crippen molar-refractivity contribution in [3.05, 3.63) is 141 Å². The fourth-order valence-corrected chi connectivity index (χ4v) is 12.4. The number of carbonyl (C=O) groups is 2. The topological polar surface area (TPSA) is 99.2 Å². The van der Waals surface area contributed by atoms with Crippen molar-refractivity contribution in [1.29, 1.82) is 0 Å². The van der Waals surface area contributed by atoms with Gasteiger partial charge in [0.1, 0.15) is 19.0 Å². The molecule has 0 bridgehead atoms. The second kappa shape index (κ2) is 21.9. The van der Waals surface area contributed by atoms with E-state index < -0.39 is 0 Å². The second-order valence-electron chi connectivity index (χ2n) is 20.0. The molecule has 70 heavy (non-hydrogen) atoms. The zero-order valence-electron chi connectivity index (χ0n) is 42.0. The molecule has 2 atom stereocenters. The Balaban J connectivity index is 0.991. The van der Waals surface area contributed by atoms with E-state index >= 15 is 0 Å². The van der Waals surface area contributed by atoms with E-state index in [4.69, 9.17) is 28.4 Å². The molecule has 11 nitrogen and oxygen atoms in total. The number of carbonyl (C=O) groups excluding carboxylic acids is 2. The fraction of sp³-hybridized carbons (Fsp3) is 0.448. The first-order valence-electron chi connectivity index (χ1n) is 25.0. The maximum atomic E-state index is 14.2. The molecule has 9 rings (SSSR count). The van der Waals surface area contributed by atoms with Crippen LogP contribution in [-0.2, 0) is 53.1 Å². The number of hydrogen-bond acceptors (Lipinski definition) is 10. The summed E-state index contributed by atoms with van der Waals surface area (Å²) in [6.45, 7) is 15.8. The molecule has 0 aromatic heterocycles. The lowest BCUT2D eigenvalue weighted by molar-refractivity contribution is 0.0264. The Kier molecular flexibility index (Phi) is 15.4. The number of thioether (sulfide) groups is 1. The van der Waals surface area contributed by atoms with Crippen LogP contribution in [0, 0.1) is 6.92 Å². The molecular formula is C58H69N3O8S. The summed E-state index contributed by atoms with van der Waals surface area (Å²) < 4.78 is 36.3. The first-order valence-corrected chi connectivity index (χ1v) is 25.9. The highest BCUT2D eigenvalue weighted by molar-refractivity contribution is 8.01. The molecule has 12 heteroatoms. The van der Waals surface area contributed by atoms with Crippen LogP contribution in [0.2, 0.25) is 0 Å². The number of hydrogen-bond donors (Lipinski definition) is 0. The normalized spacial score (nSPS) is 17.0. The Bertz CT molecular complexity index is 2690. The molecule has 0 fully saturated rings. The van der Waals surface area contributed by atoms with Gasteiger partial charge in [0, 0.05) is 65.2 Å². The molecule has 0 N–H and O–H groups in total. The van der Waals surface area contributed by atoms with E-state index in [1.807, 2.05) is 64.9 Å². The van der Waals surface area contributed by atoms with Gasteiger partial charge in [0.15, 0.2) is 11.5 Å². The van der Waals surface area contributed by atoms with Gasteiger partial charge in [-0.1, -0.05) is 50.2 Å². The van der Waals surface area contributed by atoms with Crippen LogP contribution in [0.5, 0.6) is 17.2 Å². The molecule has 370 valence electrons. The Labute approximate surface area is 418 Å². The van der Waals surface area contributed by atoms with Crippen LogP contribution < -0.4 is 28.9 Å². The number of amides is 2. The van der Waals surface area contributed by atoms with Gasteiger partial charge >= 0.3 is 0 Å².